The zero-order chi connectivity index (χ0) is 18.4. The maximum atomic E-state index is 12.9. The van der Waals surface area contributed by atoms with Crippen LogP contribution >= 0.6 is 0 Å². The molecule has 0 atom stereocenters. The van der Waals surface area contributed by atoms with Gasteiger partial charge in [-0.2, -0.15) is 0 Å². The number of hydrogen-bond donors (Lipinski definition) is 2. The number of rotatable bonds is 5. The molecule has 0 aliphatic heterocycles. The number of anilines is 1. The van der Waals surface area contributed by atoms with Gasteiger partial charge in [-0.15, -0.1) is 0 Å². The molecule has 2 aromatic carbocycles. The van der Waals surface area contributed by atoms with E-state index in [2.05, 4.69) is 10.6 Å². The number of benzene rings is 2. The first-order valence-corrected chi connectivity index (χ1v) is 8.20. The minimum atomic E-state index is -0.364. The van der Waals surface area contributed by atoms with Gasteiger partial charge in [0.2, 0.25) is 5.91 Å². The molecule has 0 bridgehead atoms. The Bertz CT molecular complexity index is 749. The van der Waals surface area contributed by atoms with E-state index in [4.69, 9.17) is 0 Å². The van der Waals surface area contributed by atoms with Gasteiger partial charge in [0.15, 0.2) is 0 Å². The summed E-state index contributed by atoms with van der Waals surface area (Å²) in [4.78, 5) is 24.6. The van der Waals surface area contributed by atoms with Crippen LogP contribution in [-0.4, -0.2) is 17.4 Å². The van der Waals surface area contributed by atoms with Gasteiger partial charge in [0.05, 0.1) is 11.3 Å². The Labute approximate surface area is 147 Å². The van der Waals surface area contributed by atoms with Crippen molar-refractivity contribution in [3.8, 4) is 0 Å². The Morgan fingerprint density at radius 3 is 2.28 bits per heavy atom. The van der Waals surface area contributed by atoms with Gasteiger partial charge >= 0.3 is 0 Å². The summed E-state index contributed by atoms with van der Waals surface area (Å²) in [6.45, 7) is 5.69. The number of halogens is 1. The molecule has 0 aliphatic carbocycles. The molecule has 132 valence electrons. The molecule has 0 spiro atoms. The van der Waals surface area contributed by atoms with E-state index in [1.165, 1.54) is 12.1 Å². The smallest absolute Gasteiger partial charge is 0.253 e. The Kier molecular flexibility index (Phi) is 5.91. The molecule has 2 aromatic rings. The van der Waals surface area contributed by atoms with Crippen LogP contribution in [0.2, 0.25) is 0 Å². The molecule has 2 amide bonds. The summed E-state index contributed by atoms with van der Waals surface area (Å²) in [7, 11) is 0. The summed E-state index contributed by atoms with van der Waals surface area (Å²) in [5.41, 5.74) is 1.42. The molecule has 4 nitrogen and oxygen atoms in total. The van der Waals surface area contributed by atoms with Gasteiger partial charge in [0.25, 0.3) is 5.91 Å². The molecule has 0 aromatic heterocycles. The van der Waals surface area contributed by atoms with E-state index in [9.17, 15) is 14.0 Å². The summed E-state index contributed by atoms with van der Waals surface area (Å²) >= 11 is 0. The van der Waals surface area contributed by atoms with E-state index in [0.29, 0.717) is 17.7 Å². The predicted molar refractivity (Wildman–Crippen MR) is 97.0 cm³/mol. The molecule has 0 radical (unpaired) electrons. The monoisotopic (exact) mass is 342 g/mol. The van der Waals surface area contributed by atoms with E-state index < -0.39 is 0 Å². The Morgan fingerprint density at radius 2 is 1.64 bits per heavy atom. The van der Waals surface area contributed by atoms with Crippen molar-refractivity contribution < 1.29 is 14.0 Å². The number of carbonyl (C=O) groups excluding carboxylic acids is 2. The highest BCUT2D eigenvalue weighted by molar-refractivity contribution is 6.04. The highest BCUT2D eigenvalue weighted by Crippen LogP contribution is 2.17. The lowest BCUT2D eigenvalue weighted by Crippen LogP contribution is -2.40. The van der Waals surface area contributed by atoms with Gasteiger partial charge < -0.3 is 10.6 Å². The zero-order valence-corrected chi connectivity index (χ0v) is 14.7. The maximum Gasteiger partial charge on any atom is 0.253 e. The summed E-state index contributed by atoms with van der Waals surface area (Å²) in [6, 6.07) is 13.0. The van der Waals surface area contributed by atoms with Crippen LogP contribution in [0.1, 0.15) is 43.1 Å². The lowest BCUT2D eigenvalue weighted by Gasteiger charge is -2.21. The lowest BCUT2D eigenvalue weighted by molar-refractivity contribution is -0.116. The minimum absolute atomic E-state index is 0.194. The first kappa shape index (κ1) is 18.6. The Morgan fingerprint density at radius 1 is 1.00 bits per heavy atom. The highest BCUT2D eigenvalue weighted by Gasteiger charge is 2.18. The van der Waals surface area contributed by atoms with Crippen molar-refractivity contribution in [3.63, 3.8) is 0 Å². The molecule has 0 unspecified atom stereocenters. The van der Waals surface area contributed by atoms with Crippen LogP contribution in [-0.2, 0) is 11.2 Å². The Hall–Kier alpha value is -2.69. The average molecular weight is 342 g/mol. The van der Waals surface area contributed by atoms with Gasteiger partial charge in [-0.1, -0.05) is 24.3 Å². The van der Waals surface area contributed by atoms with Gasteiger partial charge in [-0.25, -0.2) is 4.39 Å². The van der Waals surface area contributed by atoms with Crippen LogP contribution in [0.4, 0.5) is 10.1 Å². The third-order valence-corrected chi connectivity index (χ3v) is 3.49. The fraction of sp³-hybridized carbons (Fsp3) is 0.300. The molecule has 25 heavy (non-hydrogen) atoms. The summed E-state index contributed by atoms with van der Waals surface area (Å²) in [6.07, 6.45) is 0.753. The SMILES string of the molecule is CC(C)(C)NC(=O)c1ccccc1NC(=O)CCc1ccc(F)cc1. The van der Waals surface area contributed by atoms with E-state index >= 15 is 0 Å². The van der Waals surface area contributed by atoms with Gasteiger partial charge in [0, 0.05) is 12.0 Å². The Balaban J connectivity index is 2.00. The number of nitrogens with one attached hydrogen (secondary N) is 2. The highest BCUT2D eigenvalue weighted by atomic mass is 19.1. The molecule has 5 heteroatoms. The molecule has 2 N–H and O–H groups in total. The molecular weight excluding hydrogens is 319 g/mol. The quantitative estimate of drug-likeness (QED) is 0.865. The van der Waals surface area contributed by atoms with E-state index in [1.807, 2.05) is 20.8 Å². The van der Waals surface area contributed by atoms with Crippen LogP contribution < -0.4 is 10.6 Å². The van der Waals surface area contributed by atoms with Gasteiger partial charge in [-0.3, -0.25) is 9.59 Å². The van der Waals surface area contributed by atoms with E-state index in [1.54, 1.807) is 36.4 Å². The first-order valence-electron chi connectivity index (χ1n) is 8.20. The van der Waals surface area contributed by atoms with Crippen molar-refractivity contribution >= 4 is 17.5 Å². The maximum absolute atomic E-state index is 12.9. The zero-order valence-electron chi connectivity index (χ0n) is 14.7. The molecule has 0 fully saturated rings. The lowest BCUT2D eigenvalue weighted by atomic mass is 10.1. The molecule has 0 heterocycles. The van der Waals surface area contributed by atoms with E-state index in [0.717, 1.165) is 5.56 Å². The molecule has 2 rings (SSSR count). The molecule has 0 aliphatic rings. The number of hydrogen-bond acceptors (Lipinski definition) is 2. The van der Waals surface area contributed by atoms with Crippen molar-refractivity contribution in [1.82, 2.24) is 5.32 Å². The van der Waals surface area contributed by atoms with Crippen molar-refractivity contribution in [2.45, 2.75) is 39.2 Å². The third kappa shape index (κ3) is 6.03. The first-order chi connectivity index (χ1) is 11.7. The second kappa shape index (κ2) is 7.92. The topological polar surface area (TPSA) is 58.2 Å². The number of para-hydroxylation sites is 1. The van der Waals surface area contributed by atoms with Crippen LogP contribution in [0.3, 0.4) is 0 Å². The fourth-order valence-electron chi connectivity index (χ4n) is 2.32. The predicted octanol–water partition coefficient (Wildman–Crippen LogP) is 3.93. The van der Waals surface area contributed by atoms with Crippen molar-refractivity contribution in [3.05, 3.63) is 65.5 Å². The third-order valence-electron chi connectivity index (χ3n) is 3.49. The van der Waals surface area contributed by atoms with Crippen molar-refractivity contribution in [1.29, 1.82) is 0 Å². The average Bonchev–Trinajstić information content (AvgIpc) is 2.53. The van der Waals surface area contributed by atoms with Crippen LogP contribution in [0.15, 0.2) is 48.5 Å². The summed E-state index contributed by atoms with van der Waals surface area (Å²) in [5.74, 6) is -0.728. The van der Waals surface area contributed by atoms with Gasteiger partial charge in [0.1, 0.15) is 5.82 Å². The van der Waals surface area contributed by atoms with E-state index in [-0.39, 0.29) is 29.6 Å². The number of aryl methyl sites for hydroxylation is 1. The molecule has 0 saturated heterocycles. The summed E-state index contributed by atoms with van der Waals surface area (Å²) < 4.78 is 12.9. The standard InChI is InChI=1S/C20H23FN2O2/c1-20(2,3)23-19(25)16-6-4-5-7-17(16)22-18(24)13-10-14-8-11-15(21)12-9-14/h4-9,11-12H,10,13H2,1-3H3,(H,22,24)(H,23,25). The van der Waals surface area contributed by atoms with Gasteiger partial charge in [-0.05, 0) is 57.0 Å². The largest absolute Gasteiger partial charge is 0.347 e. The second-order valence-electron chi connectivity index (χ2n) is 6.92. The number of amides is 2. The second-order valence-corrected chi connectivity index (χ2v) is 6.92. The van der Waals surface area contributed by atoms with Crippen LogP contribution in [0.5, 0.6) is 0 Å². The van der Waals surface area contributed by atoms with Crippen molar-refractivity contribution in [2.75, 3.05) is 5.32 Å². The fourth-order valence-corrected chi connectivity index (χ4v) is 2.32. The molecule has 0 saturated carbocycles. The normalized spacial score (nSPS) is 11.0. The van der Waals surface area contributed by atoms with Crippen molar-refractivity contribution in [2.24, 2.45) is 0 Å². The van der Waals surface area contributed by atoms with Crippen LogP contribution in [0.25, 0.3) is 0 Å². The van der Waals surface area contributed by atoms with Crippen LogP contribution in [0, 0.1) is 5.82 Å². The number of carbonyl (C=O) groups is 2. The summed E-state index contributed by atoms with van der Waals surface area (Å²) in [5, 5.41) is 5.67. The molecular formula is C20H23FN2O2. The minimum Gasteiger partial charge on any atom is -0.347 e.